The maximum atomic E-state index is 13.5. The third-order valence-corrected chi connectivity index (χ3v) is 2.89. The fraction of sp³-hybridized carbons (Fsp3) is 0.333. The largest absolute Gasteiger partial charge is 0.486 e. The molecule has 0 aliphatic carbocycles. The van der Waals surface area contributed by atoms with Crippen LogP contribution in [0.1, 0.15) is 35.7 Å². The second-order valence-electron chi connectivity index (χ2n) is 5.06. The molecular formula is C15H16F2N2O3. The number of carbonyl (C=O) groups is 1. The van der Waals surface area contributed by atoms with Crippen molar-refractivity contribution in [2.24, 2.45) is 0 Å². The van der Waals surface area contributed by atoms with E-state index in [1.807, 2.05) is 13.8 Å². The van der Waals surface area contributed by atoms with Crippen molar-refractivity contribution in [2.75, 3.05) is 0 Å². The fourth-order valence-electron chi connectivity index (χ4n) is 1.81. The van der Waals surface area contributed by atoms with Crippen molar-refractivity contribution >= 4 is 5.91 Å². The van der Waals surface area contributed by atoms with Gasteiger partial charge in [-0.05, 0) is 32.9 Å². The molecule has 118 valence electrons. The average Bonchev–Trinajstić information content (AvgIpc) is 2.78. The number of benzene rings is 1. The van der Waals surface area contributed by atoms with Crippen LogP contribution in [0.25, 0.3) is 0 Å². The van der Waals surface area contributed by atoms with E-state index < -0.39 is 17.5 Å². The standard InChI is InChI=1S/C15H16F2N2O3/c1-8(2)18-15(20)14-11(9(3)22-19-14)7-21-13-5-4-10(16)6-12(13)17/h4-6,8H,7H2,1-3H3,(H,18,20). The Hall–Kier alpha value is -2.44. The number of hydrogen-bond acceptors (Lipinski definition) is 4. The Labute approximate surface area is 126 Å². The van der Waals surface area contributed by atoms with Gasteiger partial charge in [0, 0.05) is 12.1 Å². The molecule has 0 saturated carbocycles. The van der Waals surface area contributed by atoms with E-state index in [4.69, 9.17) is 9.26 Å². The summed E-state index contributed by atoms with van der Waals surface area (Å²) >= 11 is 0. The highest BCUT2D eigenvalue weighted by Crippen LogP contribution is 2.21. The van der Waals surface area contributed by atoms with Crippen molar-refractivity contribution in [1.82, 2.24) is 10.5 Å². The van der Waals surface area contributed by atoms with Crippen LogP contribution in [0.5, 0.6) is 5.75 Å². The molecule has 5 nitrogen and oxygen atoms in total. The van der Waals surface area contributed by atoms with E-state index >= 15 is 0 Å². The van der Waals surface area contributed by atoms with Gasteiger partial charge >= 0.3 is 0 Å². The van der Waals surface area contributed by atoms with Gasteiger partial charge in [0.05, 0.1) is 5.56 Å². The smallest absolute Gasteiger partial charge is 0.274 e. The van der Waals surface area contributed by atoms with Crippen molar-refractivity contribution in [3.05, 3.63) is 46.9 Å². The number of nitrogens with one attached hydrogen (secondary N) is 1. The molecule has 1 amide bonds. The molecular weight excluding hydrogens is 294 g/mol. The predicted octanol–water partition coefficient (Wildman–Crippen LogP) is 2.98. The molecule has 2 aromatic rings. The third-order valence-electron chi connectivity index (χ3n) is 2.89. The van der Waals surface area contributed by atoms with Crippen LogP contribution in [-0.4, -0.2) is 17.1 Å². The van der Waals surface area contributed by atoms with Gasteiger partial charge in [0.1, 0.15) is 18.2 Å². The molecule has 0 atom stereocenters. The molecule has 0 radical (unpaired) electrons. The maximum Gasteiger partial charge on any atom is 0.274 e. The zero-order valence-corrected chi connectivity index (χ0v) is 12.4. The molecule has 0 fully saturated rings. The fourth-order valence-corrected chi connectivity index (χ4v) is 1.81. The number of halogens is 2. The van der Waals surface area contributed by atoms with Gasteiger partial charge in [-0.15, -0.1) is 0 Å². The van der Waals surface area contributed by atoms with Crippen LogP contribution in [0.4, 0.5) is 8.78 Å². The Morgan fingerprint density at radius 3 is 2.77 bits per heavy atom. The van der Waals surface area contributed by atoms with Gasteiger partial charge in [-0.1, -0.05) is 5.16 Å². The van der Waals surface area contributed by atoms with Gasteiger partial charge in [-0.2, -0.15) is 0 Å². The van der Waals surface area contributed by atoms with E-state index in [0.29, 0.717) is 11.3 Å². The van der Waals surface area contributed by atoms with Crippen molar-refractivity contribution in [2.45, 2.75) is 33.4 Å². The van der Waals surface area contributed by atoms with Crippen LogP contribution in [-0.2, 0) is 6.61 Å². The lowest BCUT2D eigenvalue weighted by Gasteiger charge is -2.09. The minimum atomic E-state index is -0.817. The normalized spacial score (nSPS) is 10.8. The number of carbonyl (C=O) groups excluding carboxylic acids is 1. The minimum absolute atomic E-state index is 0.0622. The van der Waals surface area contributed by atoms with Gasteiger partial charge in [0.15, 0.2) is 17.3 Å². The second kappa shape index (κ2) is 6.55. The van der Waals surface area contributed by atoms with Gasteiger partial charge in [-0.25, -0.2) is 8.78 Å². The molecule has 0 aliphatic rings. The summed E-state index contributed by atoms with van der Waals surface area (Å²) in [6.45, 7) is 5.14. The zero-order valence-electron chi connectivity index (χ0n) is 12.4. The monoisotopic (exact) mass is 310 g/mol. The zero-order chi connectivity index (χ0) is 16.3. The van der Waals surface area contributed by atoms with Crippen LogP contribution >= 0.6 is 0 Å². The first-order chi connectivity index (χ1) is 10.4. The van der Waals surface area contributed by atoms with E-state index in [-0.39, 0.29) is 24.1 Å². The van der Waals surface area contributed by atoms with Gasteiger partial charge in [0.2, 0.25) is 0 Å². The molecule has 2 rings (SSSR count). The topological polar surface area (TPSA) is 64.4 Å². The molecule has 7 heteroatoms. The maximum absolute atomic E-state index is 13.5. The van der Waals surface area contributed by atoms with Crippen molar-refractivity contribution in [3.63, 3.8) is 0 Å². The number of aromatic nitrogens is 1. The highest BCUT2D eigenvalue weighted by Gasteiger charge is 2.21. The molecule has 22 heavy (non-hydrogen) atoms. The number of ether oxygens (including phenoxy) is 1. The average molecular weight is 310 g/mol. The molecule has 0 aliphatic heterocycles. The summed E-state index contributed by atoms with van der Waals surface area (Å²) in [5.74, 6) is -1.62. The number of aryl methyl sites for hydroxylation is 1. The molecule has 0 bridgehead atoms. The van der Waals surface area contributed by atoms with E-state index in [9.17, 15) is 13.6 Å². The summed E-state index contributed by atoms with van der Waals surface area (Å²) in [7, 11) is 0. The lowest BCUT2D eigenvalue weighted by Crippen LogP contribution is -2.31. The molecule has 1 aromatic carbocycles. The highest BCUT2D eigenvalue weighted by molar-refractivity contribution is 5.93. The van der Waals surface area contributed by atoms with Crippen molar-refractivity contribution < 1.29 is 22.8 Å². The Bertz CT molecular complexity index is 683. The van der Waals surface area contributed by atoms with Crippen LogP contribution in [0.15, 0.2) is 22.7 Å². The second-order valence-corrected chi connectivity index (χ2v) is 5.06. The third kappa shape index (κ3) is 3.60. The summed E-state index contributed by atoms with van der Waals surface area (Å²) in [6, 6.07) is 2.93. The Kier molecular flexibility index (Phi) is 4.75. The SMILES string of the molecule is Cc1onc(C(=O)NC(C)C)c1COc1ccc(F)cc1F. The van der Waals surface area contributed by atoms with E-state index in [0.717, 1.165) is 12.1 Å². The predicted molar refractivity (Wildman–Crippen MR) is 74.5 cm³/mol. The summed E-state index contributed by atoms with van der Waals surface area (Å²) in [5, 5.41) is 6.39. The molecule has 0 spiro atoms. The quantitative estimate of drug-likeness (QED) is 0.922. The molecule has 0 unspecified atom stereocenters. The number of nitrogens with zero attached hydrogens (tertiary/aromatic N) is 1. The Morgan fingerprint density at radius 1 is 1.41 bits per heavy atom. The molecule has 1 N–H and O–H groups in total. The van der Waals surface area contributed by atoms with Crippen molar-refractivity contribution in [3.8, 4) is 5.75 Å². The Morgan fingerprint density at radius 2 is 2.14 bits per heavy atom. The van der Waals surface area contributed by atoms with Gasteiger partial charge in [0.25, 0.3) is 5.91 Å². The van der Waals surface area contributed by atoms with E-state index in [1.54, 1.807) is 6.92 Å². The molecule has 1 aromatic heterocycles. The van der Waals surface area contributed by atoms with E-state index in [2.05, 4.69) is 10.5 Å². The van der Waals surface area contributed by atoms with Crippen LogP contribution in [0, 0.1) is 18.6 Å². The van der Waals surface area contributed by atoms with Crippen LogP contribution in [0.3, 0.4) is 0 Å². The summed E-state index contributed by atoms with van der Waals surface area (Å²) < 4.78 is 36.7. The molecule has 0 saturated heterocycles. The first kappa shape index (κ1) is 15.9. The summed E-state index contributed by atoms with van der Waals surface area (Å²) in [5.41, 5.74) is 0.510. The van der Waals surface area contributed by atoms with E-state index in [1.165, 1.54) is 6.07 Å². The number of rotatable bonds is 5. The van der Waals surface area contributed by atoms with Crippen LogP contribution in [0.2, 0.25) is 0 Å². The van der Waals surface area contributed by atoms with Gasteiger partial charge < -0.3 is 14.6 Å². The summed E-state index contributed by atoms with van der Waals surface area (Å²) in [4.78, 5) is 12.0. The lowest BCUT2D eigenvalue weighted by molar-refractivity contribution is 0.0931. The Balaban J connectivity index is 2.16. The highest BCUT2D eigenvalue weighted by atomic mass is 19.1. The first-order valence-corrected chi connectivity index (χ1v) is 6.72. The summed E-state index contributed by atoms with van der Waals surface area (Å²) in [6.07, 6.45) is 0. The number of amides is 1. The first-order valence-electron chi connectivity index (χ1n) is 6.72. The number of hydrogen-bond donors (Lipinski definition) is 1. The minimum Gasteiger partial charge on any atom is -0.486 e. The lowest BCUT2D eigenvalue weighted by atomic mass is 10.2. The van der Waals surface area contributed by atoms with Gasteiger partial charge in [-0.3, -0.25) is 4.79 Å². The molecule has 1 heterocycles. The van der Waals surface area contributed by atoms with Crippen LogP contribution < -0.4 is 10.1 Å². The van der Waals surface area contributed by atoms with Crippen molar-refractivity contribution in [1.29, 1.82) is 0 Å².